The number of nitrogens with zero attached hydrogens (tertiary/aromatic N) is 2. The summed E-state index contributed by atoms with van der Waals surface area (Å²) in [6, 6.07) is 0. The molecule has 0 aliphatic rings. The predicted molar refractivity (Wildman–Crippen MR) is 73.3 cm³/mol. The first kappa shape index (κ1) is 13.0. The van der Waals surface area contributed by atoms with E-state index in [4.69, 9.17) is 11.6 Å². The molecular weight excluding hydrogens is 272 g/mol. The van der Waals surface area contributed by atoms with E-state index in [1.165, 1.54) is 6.33 Å². The highest BCUT2D eigenvalue weighted by Gasteiger charge is 2.09. The Labute approximate surface area is 113 Å². The summed E-state index contributed by atoms with van der Waals surface area (Å²) < 4.78 is 0. The van der Waals surface area contributed by atoms with Crippen LogP contribution in [-0.2, 0) is 13.0 Å². The summed E-state index contributed by atoms with van der Waals surface area (Å²) in [4.78, 5) is 21.9. The lowest BCUT2D eigenvalue weighted by Gasteiger charge is -2.10. The average molecular weight is 285 g/mol. The van der Waals surface area contributed by atoms with Gasteiger partial charge in [-0.3, -0.25) is 4.79 Å². The highest BCUT2D eigenvalue weighted by molar-refractivity contribution is 7.07. The highest BCUT2D eigenvalue weighted by Crippen LogP contribution is 2.21. The summed E-state index contributed by atoms with van der Waals surface area (Å²) in [5.74, 6) is 0.726. The Morgan fingerprint density at radius 1 is 1.50 bits per heavy atom. The summed E-state index contributed by atoms with van der Waals surface area (Å²) in [5.41, 5.74) is 1.75. The van der Waals surface area contributed by atoms with Gasteiger partial charge in [0.2, 0.25) is 0 Å². The monoisotopic (exact) mass is 284 g/mol. The molecule has 2 heterocycles. The number of hydrogen-bond donors (Lipinski definition) is 2. The maximum absolute atomic E-state index is 11.0. The molecule has 96 valence electrons. The van der Waals surface area contributed by atoms with Gasteiger partial charge in [0.1, 0.15) is 17.3 Å². The summed E-state index contributed by atoms with van der Waals surface area (Å²) in [6.07, 6.45) is 3.22. The zero-order chi connectivity index (χ0) is 13.0. The standard InChI is InChI=1S/C11H13ClN4OS/c1-2-3-8-9(12)14-6-15-10(8)13-4-7-5-18-11(17)16-7/h5-6H,2-4H2,1H3,(H,16,17)(H,13,14,15). The molecule has 7 heteroatoms. The van der Waals surface area contributed by atoms with Gasteiger partial charge in [-0.25, -0.2) is 9.97 Å². The molecule has 2 aromatic heterocycles. The van der Waals surface area contributed by atoms with Crippen LogP contribution in [0.1, 0.15) is 24.6 Å². The van der Waals surface area contributed by atoms with E-state index < -0.39 is 0 Å². The van der Waals surface area contributed by atoms with Crippen LogP contribution in [0.2, 0.25) is 5.15 Å². The van der Waals surface area contributed by atoms with Crippen molar-refractivity contribution in [2.75, 3.05) is 5.32 Å². The maximum atomic E-state index is 11.0. The molecule has 0 aliphatic carbocycles. The summed E-state index contributed by atoms with van der Waals surface area (Å²) >= 11 is 7.19. The van der Waals surface area contributed by atoms with Crippen molar-refractivity contribution in [3.8, 4) is 0 Å². The molecule has 2 rings (SSSR count). The van der Waals surface area contributed by atoms with Crippen LogP contribution in [0.15, 0.2) is 16.5 Å². The number of thiazole rings is 1. The van der Waals surface area contributed by atoms with Gasteiger partial charge in [0.05, 0.1) is 6.54 Å². The van der Waals surface area contributed by atoms with Crippen molar-refractivity contribution < 1.29 is 0 Å². The molecule has 2 N–H and O–H groups in total. The number of H-pyrrole nitrogens is 1. The van der Waals surface area contributed by atoms with E-state index in [1.807, 2.05) is 0 Å². The Kier molecular flexibility index (Phi) is 4.33. The van der Waals surface area contributed by atoms with Crippen molar-refractivity contribution in [2.45, 2.75) is 26.3 Å². The first-order chi connectivity index (χ1) is 8.70. The van der Waals surface area contributed by atoms with Crippen LogP contribution in [0.25, 0.3) is 0 Å². The van der Waals surface area contributed by atoms with Crippen LogP contribution in [-0.4, -0.2) is 15.0 Å². The molecular formula is C11H13ClN4OS. The quantitative estimate of drug-likeness (QED) is 0.828. The minimum atomic E-state index is -0.0544. The van der Waals surface area contributed by atoms with Crippen molar-refractivity contribution in [3.63, 3.8) is 0 Å². The van der Waals surface area contributed by atoms with E-state index in [0.717, 1.165) is 41.3 Å². The Morgan fingerprint density at radius 2 is 2.33 bits per heavy atom. The van der Waals surface area contributed by atoms with Crippen LogP contribution in [0.4, 0.5) is 5.82 Å². The van der Waals surface area contributed by atoms with Crippen molar-refractivity contribution in [1.82, 2.24) is 15.0 Å². The number of nitrogens with one attached hydrogen (secondary N) is 2. The molecule has 2 aromatic rings. The van der Waals surface area contributed by atoms with Gasteiger partial charge in [0.15, 0.2) is 0 Å². The molecule has 0 saturated heterocycles. The summed E-state index contributed by atoms with van der Waals surface area (Å²) in [6.45, 7) is 2.59. The van der Waals surface area contributed by atoms with Gasteiger partial charge in [-0.1, -0.05) is 36.3 Å². The molecule has 0 saturated carbocycles. The molecule has 0 unspecified atom stereocenters. The fraction of sp³-hybridized carbons (Fsp3) is 0.364. The van der Waals surface area contributed by atoms with Crippen LogP contribution in [0.5, 0.6) is 0 Å². The average Bonchev–Trinajstić information content (AvgIpc) is 2.76. The first-order valence-corrected chi connectivity index (χ1v) is 6.86. The lowest BCUT2D eigenvalue weighted by atomic mass is 10.2. The topological polar surface area (TPSA) is 70.7 Å². The number of aromatic amines is 1. The number of rotatable bonds is 5. The Balaban J connectivity index is 2.13. The maximum Gasteiger partial charge on any atom is 0.304 e. The Hall–Kier alpha value is -1.40. The number of halogens is 1. The van der Waals surface area contributed by atoms with E-state index in [9.17, 15) is 4.79 Å². The van der Waals surface area contributed by atoms with Gasteiger partial charge in [-0.2, -0.15) is 0 Å². The van der Waals surface area contributed by atoms with E-state index in [0.29, 0.717) is 11.7 Å². The Bertz CT molecular complexity index is 580. The van der Waals surface area contributed by atoms with Gasteiger partial charge in [0, 0.05) is 16.6 Å². The SMILES string of the molecule is CCCc1c(Cl)ncnc1NCc1csc(=O)[nH]1. The number of aromatic nitrogens is 3. The minimum Gasteiger partial charge on any atom is -0.364 e. The summed E-state index contributed by atoms with van der Waals surface area (Å²) in [7, 11) is 0. The fourth-order valence-electron chi connectivity index (χ4n) is 1.59. The molecule has 0 atom stereocenters. The first-order valence-electron chi connectivity index (χ1n) is 5.60. The zero-order valence-corrected chi connectivity index (χ0v) is 11.4. The van der Waals surface area contributed by atoms with Crippen molar-refractivity contribution in [2.24, 2.45) is 0 Å². The van der Waals surface area contributed by atoms with Gasteiger partial charge in [-0.15, -0.1) is 0 Å². The fourth-order valence-corrected chi connectivity index (χ4v) is 2.40. The van der Waals surface area contributed by atoms with Crippen LogP contribution < -0.4 is 10.2 Å². The lowest BCUT2D eigenvalue weighted by Crippen LogP contribution is -2.07. The minimum absolute atomic E-state index is 0.0544. The molecule has 18 heavy (non-hydrogen) atoms. The second kappa shape index (κ2) is 5.97. The highest BCUT2D eigenvalue weighted by atomic mass is 35.5. The Morgan fingerprint density at radius 3 is 3.00 bits per heavy atom. The third-order valence-electron chi connectivity index (χ3n) is 2.41. The van der Waals surface area contributed by atoms with E-state index in [2.05, 4.69) is 27.2 Å². The van der Waals surface area contributed by atoms with Crippen LogP contribution >= 0.6 is 22.9 Å². The molecule has 0 amide bonds. The van der Waals surface area contributed by atoms with Crippen molar-refractivity contribution in [3.05, 3.63) is 37.8 Å². The van der Waals surface area contributed by atoms with Gasteiger partial charge in [-0.05, 0) is 6.42 Å². The molecule has 0 aromatic carbocycles. The number of hydrogen-bond acceptors (Lipinski definition) is 5. The third-order valence-corrected chi connectivity index (χ3v) is 3.45. The normalized spacial score (nSPS) is 10.6. The predicted octanol–water partition coefficient (Wildman–Crippen LogP) is 2.44. The van der Waals surface area contributed by atoms with Crippen molar-refractivity contribution in [1.29, 1.82) is 0 Å². The molecule has 5 nitrogen and oxygen atoms in total. The van der Waals surface area contributed by atoms with Crippen LogP contribution in [0, 0.1) is 0 Å². The van der Waals surface area contributed by atoms with E-state index >= 15 is 0 Å². The van der Waals surface area contributed by atoms with Gasteiger partial charge >= 0.3 is 4.87 Å². The summed E-state index contributed by atoms with van der Waals surface area (Å²) in [5, 5.41) is 5.44. The second-order valence-electron chi connectivity index (χ2n) is 3.77. The largest absolute Gasteiger partial charge is 0.364 e. The molecule has 0 radical (unpaired) electrons. The van der Waals surface area contributed by atoms with E-state index in [1.54, 1.807) is 5.38 Å². The third kappa shape index (κ3) is 3.08. The van der Waals surface area contributed by atoms with E-state index in [-0.39, 0.29) is 4.87 Å². The lowest BCUT2D eigenvalue weighted by molar-refractivity contribution is 0.895. The molecule has 0 fully saturated rings. The van der Waals surface area contributed by atoms with Gasteiger partial charge < -0.3 is 10.3 Å². The second-order valence-corrected chi connectivity index (χ2v) is 4.97. The van der Waals surface area contributed by atoms with Crippen LogP contribution in [0.3, 0.4) is 0 Å². The molecule has 0 aliphatic heterocycles. The molecule has 0 spiro atoms. The zero-order valence-electron chi connectivity index (χ0n) is 9.86. The molecule has 0 bridgehead atoms. The van der Waals surface area contributed by atoms with Gasteiger partial charge in [0.25, 0.3) is 0 Å². The van der Waals surface area contributed by atoms with Crippen molar-refractivity contribution >= 4 is 28.8 Å². The smallest absolute Gasteiger partial charge is 0.304 e. The number of anilines is 1.